The Kier molecular flexibility index (Phi) is 4.90. The molecule has 0 radical (unpaired) electrons. The monoisotopic (exact) mass is 229 g/mol. The zero-order valence-electron chi connectivity index (χ0n) is 10.7. The normalized spacial score (nSPS) is 12.2. The lowest BCUT2D eigenvalue weighted by Gasteiger charge is -2.10. The van der Waals surface area contributed by atoms with Crippen molar-refractivity contribution in [1.82, 2.24) is 0 Å². The molecule has 17 heavy (non-hydrogen) atoms. The lowest BCUT2D eigenvalue weighted by molar-refractivity contribution is 0.0937. The van der Waals surface area contributed by atoms with E-state index in [4.69, 9.17) is 5.26 Å². The van der Waals surface area contributed by atoms with E-state index in [-0.39, 0.29) is 5.78 Å². The number of aryl methyl sites for hydroxylation is 1. The molecule has 0 spiro atoms. The standard InChI is InChI=1S/C15H19NO/c1-4-12-5-7-13(8-6-12)15(17)14(10-16)9-11(2)3/h5-8,11,14H,4,9H2,1-3H3. The van der Waals surface area contributed by atoms with Crippen LogP contribution in [0.4, 0.5) is 0 Å². The summed E-state index contributed by atoms with van der Waals surface area (Å²) in [5.74, 6) is -0.204. The third-order valence-corrected chi connectivity index (χ3v) is 2.83. The molecule has 1 unspecified atom stereocenters. The number of nitrogens with zero attached hydrogens (tertiary/aromatic N) is 1. The topological polar surface area (TPSA) is 40.9 Å². The van der Waals surface area contributed by atoms with Gasteiger partial charge in [-0.05, 0) is 24.3 Å². The number of hydrogen-bond donors (Lipinski definition) is 0. The van der Waals surface area contributed by atoms with Crippen LogP contribution in [0.2, 0.25) is 0 Å². The molecule has 0 aliphatic carbocycles. The number of benzene rings is 1. The minimum absolute atomic E-state index is 0.0520. The van der Waals surface area contributed by atoms with E-state index in [9.17, 15) is 4.79 Å². The molecular formula is C15H19NO. The van der Waals surface area contributed by atoms with Crippen molar-refractivity contribution in [3.05, 3.63) is 35.4 Å². The molecule has 0 aliphatic heterocycles. The van der Waals surface area contributed by atoms with Gasteiger partial charge in [0.25, 0.3) is 0 Å². The molecule has 0 N–H and O–H groups in total. The third kappa shape index (κ3) is 3.71. The summed E-state index contributed by atoms with van der Waals surface area (Å²) in [4.78, 5) is 12.1. The van der Waals surface area contributed by atoms with E-state index >= 15 is 0 Å². The van der Waals surface area contributed by atoms with Crippen LogP contribution in [-0.2, 0) is 6.42 Å². The van der Waals surface area contributed by atoms with Gasteiger partial charge >= 0.3 is 0 Å². The van der Waals surface area contributed by atoms with Crippen LogP contribution >= 0.6 is 0 Å². The van der Waals surface area contributed by atoms with Gasteiger partial charge in [-0.2, -0.15) is 5.26 Å². The number of nitriles is 1. The van der Waals surface area contributed by atoms with Crippen molar-refractivity contribution in [2.45, 2.75) is 33.6 Å². The fraction of sp³-hybridized carbons (Fsp3) is 0.467. The molecule has 0 saturated carbocycles. The number of hydrogen-bond acceptors (Lipinski definition) is 2. The summed E-state index contributed by atoms with van der Waals surface area (Å²) in [7, 11) is 0. The van der Waals surface area contributed by atoms with Crippen molar-refractivity contribution in [2.24, 2.45) is 11.8 Å². The van der Waals surface area contributed by atoms with Gasteiger partial charge in [-0.1, -0.05) is 45.0 Å². The first-order chi connectivity index (χ1) is 8.08. The van der Waals surface area contributed by atoms with E-state index in [1.54, 1.807) is 0 Å². The Labute approximate surface area is 103 Å². The number of rotatable bonds is 5. The van der Waals surface area contributed by atoms with E-state index in [0.717, 1.165) is 6.42 Å². The summed E-state index contributed by atoms with van der Waals surface area (Å²) in [6.07, 6.45) is 1.59. The molecule has 0 saturated heterocycles. The first-order valence-corrected chi connectivity index (χ1v) is 6.11. The molecule has 1 rings (SSSR count). The maximum Gasteiger partial charge on any atom is 0.179 e. The highest BCUT2D eigenvalue weighted by Crippen LogP contribution is 2.17. The maximum atomic E-state index is 12.1. The molecule has 1 atom stereocenters. The zero-order valence-corrected chi connectivity index (χ0v) is 10.7. The van der Waals surface area contributed by atoms with Gasteiger partial charge in [-0.15, -0.1) is 0 Å². The third-order valence-electron chi connectivity index (χ3n) is 2.83. The van der Waals surface area contributed by atoms with E-state index in [0.29, 0.717) is 17.9 Å². The minimum atomic E-state index is -0.512. The second-order valence-electron chi connectivity index (χ2n) is 4.73. The lowest BCUT2D eigenvalue weighted by atomic mass is 9.90. The zero-order chi connectivity index (χ0) is 12.8. The van der Waals surface area contributed by atoms with E-state index in [1.165, 1.54) is 5.56 Å². The van der Waals surface area contributed by atoms with Crippen LogP contribution in [-0.4, -0.2) is 5.78 Å². The van der Waals surface area contributed by atoms with Gasteiger partial charge in [-0.3, -0.25) is 4.79 Å². The Bertz CT molecular complexity index is 412. The molecule has 1 aromatic rings. The highest BCUT2D eigenvalue weighted by molar-refractivity contribution is 5.99. The molecule has 0 heterocycles. The van der Waals surface area contributed by atoms with Crippen molar-refractivity contribution in [3.63, 3.8) is 0 Å². The Morgan fingerprint density at radius 3 is 2.29 bits per heavy atom. The molecule has 0 bridgehead atoms. The van der Waals surface area contributed by atoms with Gasteiger partial charge in [0.2, 0.25) is 0 Å². The second kappa shape index (κ2) is 6.20. The Hall–Kier alpha value is -1.62. The largest absolute Gasteiger partial charge is 0.293 e. The predicted octanol–water partition coefficient (Wildman–Crippen LogP) is 3.62. The maximum absolute atomic E-state index is 12.1. The molecule has 0 aliphatic rings. The van der Waals surface area contributed by atoms with Crippen LogP contribution in [0.5, 0.6) is 0 Å². The highest BCUT2D eigenvalue weighted by Gasteiger charge is 2.20. The second-order valence-corrected chi connectivity index (χ2v) is 4.73. The van der Waals surface area contributed by atoms with Crippen LogP contribution in [0.15, 0.2) is 24.3 Å². The van der Waals surface area contributed by atoms with E-state index in [2.05, 4.69) is 13.0 Å². The van der Waals surface area contributed by atoms with Crippen LogP contribution < -0.4 is 0 Å². The number of carbonyl (C=O) groups is 1. The van der Waals surface area contributed by atoms with Crippen molar-refractivity contribution in [2.75, 3.05) is 0 Å². The predicted molar refractivity (Wildman–Crippen MR) is 68.7 cm³/mol. The first-order valence-electron chi connectivity index (χ1n) is 6.11. The molecule has 0 fully saturated rings. The minimum Gasteiger partial charge on any atom is -0.293 e. The van der Waals surface area contributed by atoms with Crippen LogP contribution in [0.25, 0.3) is 0 Å². The van der Waals surface area contributed by atoms with Gasteiger partial charge in [0.15, 0.2) is 5.78 Å². The van der Waals surface area contributed by atoms with E-state index in [1.807, 2.05) is 38.1 Å². The van der Waals surface area contributed by atoms with Gasteiger partial charge in [0, 0.05) is 5.56 Å². The highest BCUT2D eigenvalue weighted by atomic mass is 16.1. The number of carbonyl (C=O) groups excluding carboxylic acids is 1. The van der Waals surface area contributed by atoms with Crippen LogP contribution in [0, 0.1) is 23.2 Å². The molecule has 90 valence electrons. The fourth-order valence-electron chi connectivity index (χ4n) is 1.80. The molecule has 2 heteroatoms. The van der Waals surface area contributed by atoms with Crippen molar-refractivity contribution in [1.29, 1.82) is 5.26 Å². The number of Topliss-reactive ketones (excluding diaryl/α,β-unsaturated/α-hetero) is 1. The summed E-state index contributed by atoms with van der Waals surface area (Å²) in [5, 5.41) is 9.04. The van der Waals surface area contributed by atoms with E-state index < -0.39 is 5.92 Å². The van der Waals surface area contributed by atoms with Gasteiger partial charge in [-0.25, -0.2) is 0 Å². The van der Waals surface area contributed by atoms with Crippen LogP contribution in [0.1, 0.15) is 43.1 Å². The van der Waals surface area contributed by atoms with Crippen LogP contribution in [0.3, 0.4) is 0 Å². The summed E-state index contributed by atoms with van der Waals surface area (Å²) < 4.78 is 0. The molecule has 0 aromatic heterocycles. The summed E-state index contributed by atoms with van der Waals surface area (Å²) in [6, 6.07) is 9.67. The average Bonchev–Trinajstić information content (AvgIpc) is 2.35. The molecular weight excluding hydrogens is 210 g/mol. The summed E-state index contributed by atoms with van der Waals surface area (Å²) in [5.41, 5.74) is 1.85. The average molecular weight is 229 g/mol. The van der Waals surface area contributed by atoms with Crippen molar-refractivity contribution in [3.8, 4) is 6.07 Å². The van der Waals surface area contributed by atoms with Gasteiger partial charge in [0.1, 0.15) is 5.92 Å². The SMILES string of the molecule is CCc1ccc(C(=O)C(C#N)CC(C)C)cc1. The quantitative estimate of drug-likeness (QED) is 0.723. The Balaban J connectivity index is 2.83. The number of ketones is 1. The smallest absolute Gasteiger partial charge is 0.179 e. The fourth-order valence-corrected chi connectivity index (χ4v) is 1.80. The van der Waals surface area contributed by atoms with Gasteiger partial charge < -0.3 is 0 Å². The summed E-state index contributed by atoms with van der Waals surface area (Å²) >= 11 is 0. The molecule has 1 aromatic carbocycles. The Morgan fingerprint density at radius 1 is 1.29 bits per heavy atom. The Morgan fingerprint density at radius 2 is 1.88 bits per heavy atom. The first kappa shape index (κ1) is 13.4. The summed E-state index contributed by atoms with van der Waals surface area (Å²) in [6.45, 7) is 6.13. The van der Waals surface area contributed by atoms with Gasteiger partial charge in [0.05, 0.1) is 6.07 Å². The van der Waals surface area contributed by atoms with Crippen molar-refractivity contribution < 1.29 is 4.79 Å². The lowest BCUT2D eigenvalue weighted by Crippen LogP contribution is -2.15. The van der Waals surface area contributed by atoms with Crippen molar-refractivity contribution >= 4 is 5.78 Å². The molecule has 0 amide bonds. The molecule has 2 nitrogen and oxygen atoms in total.